The van der Waals surface area contributed by atoms with Gasteiger partial charge in [0.05, 0.1) is 12.1 Å². The van der Waals surface area contributed by atoms with Crippen LogP contribution in [-0.4, -0.2) is 150 Å². The highest BCUT2D eigenvalue weighted by Crippen LogP contribution is 2.26. The van der Waals surface area contributed by atoms with Gasteiger partial charge in [-0.2, -0.15) is 0 Å². The van der Waals surface area contributed by atoms with Gasteiger partial charge < -0.3 is 89.2 Å². The lowest BCUT2D eigenvalue weighted by atomic mass is 9.90. The molecule has 0 spiro atoms. The van der Waals surface area contributed by atoms with Crippen LogP contribution in [0.3, 0.4) is 0 Å². The number of nitrogens with zero attached hydrogens (tertiary/aromatic N) is 4. The monoisotopic (exact) mass is 1090 g/mol. The summed E-state index contributed by atoms with van der Waals surface area (Å²) < 4.78 is 0. The van der Waals surface area contributed by atoms with Crippen LogP contribution in [0.4, 0.5) is 0 Å². The number of guanidine groups is 3. The lowest BCUT2D eigenvalue weighted by molar-refractivity contribution is -0.144. The minimum Gasteiger partial charge on any atom is -0.370 e. The van der Waals surface area contributed by atoms with Gasteiger partial charge in [0.1, 0.15) is 18.1 Å². The molecule has 1 aliphatic heterocycles. The number of nitrogens with two attached hydrogens (primary N) is 11. The Morgan fingerprint density at radius 2 is 0.948 bits per heavy atom. The minimum atomic E-state index is -1.52. The van der Waals surface area contributed by atoms with E-state index in [4.69, 9.17) is 63.1 Å². The maximum Gasteiger partial charge on any atom is 0.243 e. The molecule has 1 aliphatic rings. The molecule has 1 saturated heterocycles. The predicted molar refractivity (Wildman–Crippen MR) is 285 cm³/mol. The van der Waals surface area contributed by atoms with Gasteiger partial charge in [0, 0.05) is 76.0 Å². The third-order valence-corrected chi connectivity index (χ3v) is 12.7. The molecule has 9 amide bonds. The molecule has 0 aromatic rings. The Bertz CT molecular complexity index is 2110. The van der Waals surface area contributed by atoms with Gasteiger partial charge in [0.2, 0.25) is 53.2 Å². The molecule has 30 heteroatoms. The van der Waals surface area contributed by atoms with Crippen molar-refractivity contribution in [2.75, 3.05) is 32.7 Å². The molecule has 0 saturated carbocycles. The van der Waals surface area contributed by atoms with Crippen LogP contribution in [-0.2, 0) is 52.7 Å². The van der Waals surface area contributed by atoms with Crippen molar-refractivity contribution in [2.24, 2.45) is 95.8 Å². The summed E-state index contributed by atoms with van der Waals surface area (Å²) in [5.41, 5.74) is 60.2. The number of hydrogen-bond acceptors (Lipinski definition) is 15. The summed E-state index contributed by atoms with van der Waals surface area (Å²) in [5.74, 6) is -11.6. The number of carbonyl (C=O) groups is 11. The van der Waals surface area contributed by atoms with Gasteiger partial charge in [-0.25, -0.2) is 0 Å². The third-order valence-electron chi connectivity index (χ3n) is 12.7. The van der Waals surface area contributed by atoms with Crippen molar-refractivity contribution in [3.63, 3.8) is 0 Å². The quantitative estimate of drug-likeness (QED) is 0.0154. The van der Waals surface area contributed by atoms with Crippen molar-refractivity contribution in [2.45, 2.75) is 159 Å². The number of rotatable bonds is 41. The van der Waals surface area contributed by atoms with Crippen molar-refractivity contribution in [3.05, 3.63) is 0 Å². The minimum absolute atomic E-state index is 0.0112. The molecule has 1 fully saturated rings. The normalized spacial score (nSPS) is 15.6. The first kappa shape index (κ1) is 67.4. The molecule has 1 heterocycles. The van der Waals surface area contributed by atoms with E-state index < -0.39 is 132 Å². The highest BCUT2D eigenvalue weighted by Gasteiger charge is 2.40. The fraction of sp³-hybridized carbons (Fsp3) is 0.702. The number of aliphatic imine (C=N–C) groups is 3. The molecule has 0 aromatic heterocycles. The van der Waals surface area contributed by atoms with Crippen molar-refractivity contribution in [3.8, 4) is 0 Å². The number of carbonyl (C=O) groups excluding carboxylic acids is 11. The number of Topliss-reactive ketones (excluding diaryl/α,β-unsaturated/α-hetero) is 2. The summed E-state index contributed by atoms with van der Waals surface area (Å²) in [7, 11) is 0. The van der Waals surface area contributed by atoms with Gasteiger partial charge in [-0.3, -0.25) is 67.7 Å². The van der Waals surface area contributed by atoms with E-state index in [9.17, 15) is 52.7 Å². The van der Waals surface area contributed by atoms with E-state index in [1.807, 2.05) is 0 Å². The number of amides is 9. The van der Waals surface area contributed by atoms with Crippen molar-refractivity contribution < 1.29 is 52.7 Å². The molecule has 434 valence electrons. The summed E-state index contributed by atoms with van der Waals surface area (Å²) in [6, 6.07) is -6.32. The molecular formula is C47H85N19O11. The first-order valence-electron chi connectivity index (χ1n) is 25.8. The van der Waals surface area contributed by atoms with E-state index in [1.165, 1.54) is 4.90 Å². The summed E-state index contributed by atoms with van der Waals surface area (Å²) in [4.78, 5) is 159. The molecule has 26 N–H and O–H groups in total. The molecule has 0 aromatic carbocycles. The second-order valence-corrected chi connectivity index (χ2v) is 19.1. The number of unbranched alkanes of at least 4 members (excludes halogenated alkanes) is 1. The lowest BCUT2D eigenvalue weighted by Gasteiger charge is -2.30. The van der Waals surface area contributed by atoms with Crippen LogP contribution in [0.2, 0.25) is 0 Å². The largest absolute Gasteiger partial charge is 0.370 e. The van der Waals surface area contributed by atoms with Crippen LogP contribution < -0.4 is 84.3 Å². The summed E-state index contributed by atoms with van der Waals surface area (Å²) in [6.07, 6.45) is -0.0333. The van der Waals surface area contributed by atoms with E-state index in [0.717, 1.165) is 0 Å². The average molecular weight is 1090 g/mol. The molecule has 0 aliphatic carbocycles. The van der Waals surface area contributed by atoms with E-state index in [2.05, 4.69) is 36.2 Å². The number of likely N-dealkylation sites (tertiary alicyclic amines) is 1. The first-order valence-corrected chi connectivity index (χ1v) is 25.8. The SMILES string of the molecule is C[C@@H](CCC(N)=O)C(=O)N[C@@H](CCCN=C(N)N)C(=O)C[C@@H](CCCN=C(N)N)C(=O)N1CCC[C@H]1C(=O)N[C@@H](CCC(N)=O)C(=O)N[C@@H](CCCN=C(N)N)C(=O)C[C@@H](CCC(N)=O)C(=O)N[C@@H](CCCCN)C(N)=O. The van der Waals surface area contributed by atoms with Gasteiger partial charge in [-0.05, 0) is 96.4 Å². The predicted octanol–water partition coefficient (Wildman–Crippen LogP) is -5.72. The van der Waals surface area contributed by atoms with Crippen molar-refractivity contribution >= 4 is 82.6 Å². The summed E-state index contributed by atoms with van der Waals surface area (Å²) >= 11 is 0. The van der Waals surface area contributed by atoms with Crippen LogP contribution in [0.5, 0.6) is 0 Å². The molecule has 77 heavy (non-hydrogen) atoms. The van der Waals surface area contributed by atoms with Gasteiger partial charge in [0.15, 0.2) is 29.4 Å². The molecule has 8 atom stereocenters. The highest BCUT2D eigenvalue weighted by molar-refractivity contribution is 5.98. The number of nitrogens with one attached hydrogen (secondary N) is 4. The Kier molecular flexibility index (Phi) is 31.8. The Balaban J connectivity index is 3.59. The number of ketones is 2. The van der Waals surface area contributed by atoms with Crippen LogP contribution in [0, 0.1) is 17.8 Å². The molecule has 0 unspecified atom stereocenters. The van der Waals surface area contributed by atoms with E-state index >= 15 is 0 Å². The van der Waals surface area contributed by atoms with Crippen LogP contribution in [0.1, 0.15) is 129 Å². The lowest BCUT2D eigenvalue weighted by Crippen LogP contribution is -2.56. The Morgan fingerprint density at radius 3 is 1.44 bits per heavy atom. The maximum absolute atomic E-state index is 14.6. The Labute approximate surface area is 448 Å². The van der Waals surface area contributed by atoms with Gasteiger partial charge >= 0.3 is 0 Å². The van der Waals surface area contributed by atoms with E-state index in [-0.39, 0.29) is 128 Å². The summed E-state index contributed by atoms with van der Waals surface area (Å²) in [6.45, 7) is 2.17. The fourth-order valence-corrected chi connectivity index (χ4v) is 8.41. The van der Waals surface area contributed by atoms with Crippen LogP contribution >= 0.6 is 0 Å². The van der Waals surface area contributed by atoms with Gasteiger partial charge in [-0.15, -0.1) is 0 Å². The first-order chi connectivity index (χ1) is 36.3. The number of hydrogen-bond donors (Lipinski definition) is 15. The molecule has 0 radical (unpaired) electrons. The highest BCUT2D eigenvalue weighted by atomic mass is 16.2. The smallest absolute Gasteiger partial charge is 0.243 e. The van der Waals surface area contributed by atoms with Crippen LogP contribution in [0.25, 0.3) is 0 Å². The molecular weight excluding hydrogens is 1010 g/mol. The Hall–Kier alpha value is -7.66. The van der Waals surface area contributed by atoms with Gasteiger partial charge in [-0.1, -0.05) is 6.92 Å². The standard InChI is InChI=1S/C47H85N19O11/c1-26(13-16-36(49)69)40(73)62-29(10-5-21-60-46(55)56)35(68)25-28(8-4-20-59-45(53)54)44(77)66-23-7-12-33(66)43(76)65-32(15-18-38(51)71)42(75)63-30(11-6-22-61-47(57)58)34(67)24-27(14-17-37(50)70)41(74)64-31(39(52)72)9-2-3-19-48/h26-33H,2-25,48H2,1H3,(H2,49,69)(H2,50,70)(H2,51,71)(H2,52,72)(H,62,73)(H,63,75)(H,64,74)(H,65,76)(H4,53,54,59)(H4,55,56,60)(H4,57,58,61)/t26-,27+,28+,29-,30-,31-,32-,33-/m0/s1. The topological polar surface area (TPSA) is 562 Å². The molecule has 30 nitrogen and oxygen atoms in total. The third kappa shape index (κ3) is 28.2. The second-order valence-electron chi connectivity index (χ2n) is 19.1. The molecule has 1 rings (SSSR count). The fourth-order valence-electron chi connectivity index (χ4n) is 8.41. The zero-order chi connectivity index (χ0) is 58.2. The maximum atomic E-state index is 14.6. The van der Waals surface area contributed by atoms with Crippen molar-refractivity contribution in [1.29, 1.82) is 0 Å². The van der Waals surface area contributed by atoms with Crippen LogP contribution in [0.15, 0.2) is 15.0 Å². The van der Waals surface area contributed by atoms with E-state index in [0.29, 0.717) is 25.8 Å². The zero-order valence-electron chi connectivity index (χ0n) is 44.2. The average Bonchev–Trinajstić information content (AvgIpc) is 3.85. The second kappa shape index (κ2) is 36.3. The van der Waals surface area contributed by atoms with Gasteiger partial charge in [0.25, 0.3) is 0 Å². The molecule has 0 bridgehead atoms. The van der Waals surface area contributed by atoms with Crippen molar-refractivity contribution in [1.82, 2.24) is 26.2 Å². The zero-order valence-corrected chi connectivity index (χ0v) is 44.2. The van der Waals surface area contributed by atoms with E-state index in [1.54, 1.807) is 6.92 Å². The summed E-state index contributed by atoms with van der Waals surface area (Å²) in [5, 5.41) is 10.5. The number of primary amides is 4. The Morgan fingerprint density at radius 1 is 0.494 bits per heavy atom.